The number of nitrogens with one attached hydrogen (secondary N) is 2. The van der Waals surface area contributed by atoms with Gasteiger partial charge in [0.05, 0.1) is 10.2 Å². The van der Waals surface area contributed by atoms with Gasteiger partial charge in [-0.3, -0.25) is 9.48 Å². The number of rotatable bonds is 2. The molecule has 1 aromatic carbocycles. The Morgan fingerprint density at radius 3 is 2.70 bits per heavy atom. The van der Waals surface area contributed by atoms with Gasteiger partial charge in [0.1, 0.15) is 5.69 Å². The van der Waals surface area contributed by atoms with Crippen LogP contribution in [0.2, 0.25) is 0 Å². The van der Waals surface area contributed by atoms with Crippen molar-refractivity contribution in [3.05, 3.63) is 46.3 Å². The molecule has 0 aliphatic carbocycles. The van der Waals surface area contributed by atoms with E-state index in [0.717, 1.165) is 16.3 Å². The summed E-state index contributed by atoms with van der Waals surface area (Å²) in [5.41, 5.74) is -0.689. The van der Waals surface area contributed by atoms with Crippen LogP contribution in [0.4, 0.5) is 18.9 Å². The third kappa shape index (κ3) is 2.83. The van der Waals surface area contributed by atoms with Crippen molar-refractivity contribution >= 4 is 38.4 Å². The van der Waals surface area contributed by atoms with Gasteiger partial charge in [0.25, 0.3) is 5.91 Å². The lowest BCUT2D eigenvalue weighted by Crippen LogP contribution is -2.16. The number of hydrogen-bond acceptors (Lipinski definition) is 2. The smallest absolute Gasteiger partial charge is 0.350 e. The zero-order chi connectivity index (χ0) is 16.8. The van der Waals surface area contributed by atoms with Crippen LogP contribution in [0.15, 0.2) is 34.9 Å². The van der Waals surface area contributed by atoms with Gasteiger partial charge in [-0.15, -0.1) is 0 Å². The van der Waals surface area contributed by atoms with E-state index < -0.39 is 23.5 Å². The fourth-order valence-corrected chi connectivity index (χ4v) is 2.86. The van der Waals surface area contributed by atoms with Crippen LogP contribution in [0.3, 0.4) is 0 Å². The molecule has 0 radical (unpaired) electrons. The number of carbonyl (C=O) groups is 1. The van der Waals surface area contributed by atoms with Gasteiger partial charge < -0.3 is 10.3 Å². The second-order valence-corrected chi connectivity index (χ2v) is 5.67. The summed E-state index contributed by atoms with van der Waals surface area (Å²) in [4.78, 5) is 15.2. The zero-order valence-corrected chi connectivity index (χ0v) is 13.3. The first-order valence-electron chi connectivity index (χ1n) is 6.46. The van der Waals surface area contributed by atoms with Crippen LogP contribution >= 0.6 is 15.9 Å². The van der Waals surface area contributed by atoms with Gasteiger partial charge >= 0.3 is 6.18 Å². The van der Waals surface area contributed by atoms with Crippen molar-refractivity contribution in [2.75, 3.05) is 5.32 Å². The minimum Gasteiger partial charge on any atom is -0.350 e. The average Bonchev–Trinajstić information content (AvgIpc) is 3.00. The van der Waals surface area contributed by atoms with E-state index in [1.807, 2.05) is 0 Å². The third-order valence-electron chi connectivity index (χ3n) is 3.22. The number of aromatic nitrogens is 3. The maximum Gasteiger partial charge on any atom is 0.437 e. The Balaban J connectivity index is 1.97. The minimum atomic E-state index is -4.65. The summed E-state index contributed by atoms with van der Waals surface area (Å²) in [6.07, 6.45) is -3.54. The van der Waals surface area contributed by atoms with Crippen LogP contribution in [0, 0.1) is 0 Å². The number of benzene rings is 1. The Hall–Kier alpha value is -2.29. The maximum atomic E-state index is 12.9. The molecule has 0 atom stereocenters. The fourth-order valence-electron chi connectivity index (χ4n) is 2.24. The molecule has 2 heterocycles. The van der Waals surface area contributed by atoms with Crippen molar-refractivity contribution in [2.45, 2.75) is 6.18 Å². The zero-order valence-electron chi connectivity index (χ0n) is 11.7. The number of hydrogen-bond donors (Lipinski definition) is 2. The molecule has 2 N–H and O–H groups in total. The van der Waals surface area contributed by atoms with E-state index in [-0.39, 0.29) is 5.69 Å². The van der Waals surface area contributed by atoms with E-state index in [1.165, 1.54) is 7.05 Å². The van der Waals surface area contributed by atoms with Crippen molar-refractivity contribution < 1.29 is 18.0 Å². The summed E-state index contributed by atoms with van der Waals surface area (Å²) in [6, 6.07) is 7.14. The summed E-state index contributed by atoms with van der Waals surface area (Å²) in [5.74, 6) is -0.688. The summed E-state index contributed by atoms with van der Waals surface area (Å²) in [7, 11) is 1.35. The Labute approximate surface area is 136 Å². The molecule has 0 fully saturated rings. The molecule has 0 saturated carbocycles. The predicted molar refractivity (Wildman–Crippen MR) is 82.2 cm³/mol. The number of nitrogens with zero attached hydrogens (tertiary/aromatic N) is 2. The lowest BCUT2D eigenvalue weighted by atomic mass is 10.2. The normalized spacial score (nSPS) is 11.9. The molecular weight excluding hydrogens is 377 g/mol. The van der Waals surface area contributed by atoms with E-state index in [0.29, 0.717) is 9.99 Å². The molecule has 2 aromatic heterocycles. The fraction of sp³-hybridized carbons (Fsp3) is 0.143. The molecule has 3 aromatic rings. The topological polar surface area (TPSA) is 62.7 Å². The molecule has 0 unspecified atom stereocenters. The Morgan fingerprint density at radius 1 is 1.35 bits per heavy atom. The number of aromatic amines is 1. The van der Waals surface area contributed by atoms with Gasteiger partial charge in [-0.1, -0.05) is 18.2 Å². The predicted octanol–water partition coefficient (Wildman–Crippen LogP) is 3.94. The van der Waals surface area contributed by atoms with Gasteiger partial charge in [0.15, 0.2) is 5.69 Å². The van der Waals surface area contributed by atoms with Gasteiger partial charge in [-0.2, -0.15) is 18.3 Å². The molecule has 0 saturated heterocycles. The van der Waals surface area contributed by atoms with Crippen LogP contribution in [0.25, 0.3) is 10.9 Å². The van der Waals surface area contributed by atoms with Crippen molar-refractivity contribution in [3.8, 4) is 0 Å². The monoisotopic (exact) mass is 386 g/mol. The van der Waals surface area contributed by atoms with Crippen LogP contribution in [-0.4, -0.2) is 20.7 Å². The van der Waals surface area contributed by atoms with Crippen LogP contribution < -0.4 is 5.32 Å². The molecule has 9 heteroatoms. The van der Waals surface area contributed by atoms with E-state index in [4.69, 9.17) is 0 Å². The van der Waals surface area contributed by atoms with Crippen molar-refractivity contribution in [1.29, 1.82) is 0 Å². The largest absolute Gasteiger partial charge is 0.437 e. The highest BCUT2D eigenvalue weighted by molar-refractivity contribution is 9.10. The van der Waals surface area contributed by atoms with E-state index >= 15 is 0 Å². The SMILES string of the molecule is Cn1cc(NC(=O)c2[nH]c3ccccc3c2Br)c(C(F)(F)F)n1. The second kappa shape index (κ2) is 5.41. The first kappa shape index (κ1) is 15.6. The molecule has 0 bridgehead atoms. The van der Waals surface area contributed by atoms with E-state index in [2.05, 4.69) is 31.3 Å². The summed E-state index contributed by atoms with van der Waals surface area (Å²) in [5, 5.41) is 6.37. The number of H-pyrrole nitrogens is 1. The number of aryl methyl sites for hydroxylation is 1. The quantitative estimate of drug-likeness (QED) is 0.700. The first-order chi connectivity index (χ1) is 10.8. The summed E-state index contributed by atoms with van der Waals surface area (Å²) >= 11 is 3.29. The number of halogens is 4. The number of anilines is 1. The van der Waals surface area contributed by atoms with E-state index in [1.54, 1.807) is 24.3 Å². The van der Waals surface area contributed by atoms with Crippen LogP contribution in [0.1, 0.15) is 16.2 Å². The molecular formula is C14H10BrF3N4O. The highest BCUT2D eigenvalue weighted by Gasteiger charge is 2.37. The van der Waals surface area contributed by atoms with Crippen molar-refractivity contribution in [2.24, 2.45) is 7.05 Å². The molecule has 3 rings (SSSR count). The lowest BCUT2D eigenvalue weighted by Gasteiger charge is -2.07. The average molecular weight is 387 g/mol. The highest BCUT2D eigenvalue weighted by atomic mass is 79.9. The van der Waals surface area contributed by atoms with E-state index in [9.17, 15) is 18.0 Å². The number of alkyl halides is 3. The lowest BCUT2D eigenvalue weighted by molar-refractivity contribution is -0.140. The molecule has 1 amide bonds. The van der Waals surface area contributed by atoms with Gasteiger partial charge in [0, 0.05) is 24.1 Å². The molecule has 0 spiro atoms. The van der Waals surface area contributed by atoms with Crippen molar-refractivity contribution in [3.63, 3.8) is 0 Å². The minimum absolute atomic E-state index is 0.142. The van der Waals surface area contributed by atoms with Gasteiger partial charge in [0.2, 0.25) is 0 Å². The number of para-hydroxylation sites is 1. The second-order valence-electron chi connectivity index (χ2n) is 4.88. The summed E-state index contributed by atoms with van der Waals surface area (Å²) in [6.45, 7) is 0. The Morgan fingerprint density at radius 2 is 2.04 bits per heavy atom. The molecule has 0 aliphatic heterocycles. The van der Waals surface area contributed by atoms with Gasteiger partial charge in [-0.05, 0) is 22.0 Å². The Bertz CT molecular complexity index is 897. The number of fused-ring (bicyclic) bond motifs is 1. The van der Waals surface area contributed by atoms with Gasteiger partial charge in [-0.25, -0.2) is 0 Å². The molecule has 0 aliphatic rings. The number of carbonyl (C=O) groups excluding carboxylic acids is 1. The third-order valence-corrected chi connectivity index (χ3v) is 4.04. The molecule has 23 heavy (non-hydrogen) atoms. The maximum absolute atomic E-state index is 12.9. The number of amides is 1. The molecule has 5 nitrogen and oxygen atoms in total. The van der Waals surface area contributed by atoms with Crippen LogP contribution in [0.5, 0.6) is 0 Å². The molecule has 120 valence electrons. The van der Waals surface area contributed by atoms with Crippen molar-refractivity contribution in [1.82, 2.24) is 14.8 Å². The standard InChI is InChI=1S/C14H10BrF3N4O/c1-22-6-9(12(21-22)14(16,17)18)20-13(23)11-10(15)7-4-2-3-5-8(7)19-11/h2-6,19H,1H3,(H,20,23). The Kier molecular flexibility index (Phi) is 3.67. The summed E-state index contributed by atoms with van der Waals surface area (Å²) < 4.78 is 40.2. The van der Waals surface area contributed by atoms with Crippen LogP contribution in [-0.2, 0) is 13.2 Å². The highest BCUT2D eigenvalue weighted by Crippen LogP contribution is 2.34. The first-order valence-corrected chi connectivity index (χ1v) is 7.25.